The molecule has 0 fully saturated rings. The van der Waals surface area contributed by atoms with Crippen molar-refractivity contribution in [2.24, 2.45) is 11.8 Å². The van der Waals surface area contributed by atoms with Crippen LogP contribution in [0.1, 0.15) is 19.4 Å². The van der Waals surface area contributed by atoms with Crippen molar-refractivity contribution in [1.29, 1.82) is 0 Å². The van der Waals surface area contributed by atoms with Gasteiger partial charge in [-0.1, -0.05) is 13.8 Å². The minimum Gasteiger partial charge on any atom is -0.384 e. The van der Waals surface area contributed by atoms with E-state index in [4.69, 9.17) is 11.6 Å². The van der Waals surface area contributed by atoms with E-state index in [1.807, 2.05) is 23.9 Å². The van der Waals surface area contributed by atoms with Crippen LogP contribution in [0.4, 0.5) is 5.82 Å². The Morgan fingerprint density at radius 3 is 2.76 bits per heavy atom. The van der Waals surface area contributed by atoms with Gasteiger partial charge in [-0.05, 0) is 35.8 Å². The molecule has 5 heteroatoms. The predicted octanol–water partition coefficient (Wildman–Crippen LogP) is 1.43. The molecule has 0 bridgehead atoms. The van der Waals surface area contributed by atoms with E-state index in [1.165, 1.54) is 5.56 Å². The number of nitrogens with one attached hydrogen (secondary N) is 1. The van der Waals surface area contributed by atoms with Gasteiger partial charge in [0.1, 0.15) is 5.82 Å². The summed E-state index contributed by atoms with van der Waals surface area (Å²) in [5.41, 5.74) is 9.68. The van der Waals surface area contributed by atoms with E-state index in [9.17, 15) is 0 Å². The van der Waals surface area contributed by atoms with Gasteiger partial charge in [0.2, 0.25) is 0 Å². The summed E-state index contributed by atoms with van der Waals surface area (Å²) >= 11 is 1.93. The van der Waals surface area contributed by atoms with E-state index in [0.717, 1.165) is 23.8 Å². The first-order chi connectivity index (χ1) is 8.11. The summed E-state index contributed by atoms with van der Waals surface area (Å²) in [5.74, 6) is 9.02. The zero-order chi connectivity index (χ0) is 12.7. The van der Waals surface area contributed by atoms with Crippen LogP contribution >= 0.6 is 11.8 Å². The molecule has 0 spiro atoms. The number of hydrogen-bond acceptors (Lipinski definition) is 5. The van der Waals surface area contributed by atoms with Crippen molar-refractivity contribution in [3.8, 4) is 0 Å². The molecule has 1 aromatic rings. The second kappa shape index (κ2) is 7.53. The first kappa shape index (κ1) is 14.3. The molecule has 0 aliphatic carbocycles. The van der Waals surface area contributed by atoms with Gasteiger partial charge in [0.05, 0.1) is 0 Å². The maximum absolute atomic E-state index is 5.65. The van der Waals surface area contributed by atoms with Crippen molar-refractivity contribution in [3.05, 3.63) is 23.9 Å². The Kier molecular flexibility index (Phi) is 6.32. The van der Waals surface area contributed by atoms with Gasteiger partial charge in [-0.3, -0.25) is 11.3 Å². The number of rotatable bonds is 7. The highest BCUT2D eigenvalue weighted by atomic mass is 32.2. The van der Waals surface area contributed by atoms with E-state index < -0.39 is 0 Å². The van der Waals surface area contributed by atoms with Crippen LogP contribution in [0.5, 0.6) is 0 Å². The SMILES string of the molecule is CC(C)CSCC(Cc1ccnc(N)c1)NN. The van der Waals surface area contributed by atoms with Crippen LogP contribution < -0.4 is 17.0 Å². The number of anilines is 1. The number of nitrogens with two attached hydrogens (primary N) is 2. The van der Waals surface area contributed by atoms with Crippen molar-refractivity contribution in [2.45, 2.75) is 26.3 Å². The first-order valence-corrected chi connectivity index (χ1v) is 7.01. The monoisotopic (exact) mass is 254 g/mol. The van der Waals surface area contributed by atoms with Gasteiger partial charge < -0.3 is 5.73 Å². The van der Waals surface area contributed by atoms with E-state index >= 15 is 0 Å². The Bertz CT molecular complexity index is 330. The summed E-state index contributed by atoms with van der Waals surface area (Å²) in [5, 5.41) is 0. The molecule has 1 atom stereocenters. The van der Waals surface area contributed by atoms with Crippen LogP contribution in [0, 0.1) is 5.92 Å². The molecular weight excluding hydrogens is 232 g/mol. The van der Waals surface area contributed by atoms with Crippen molar-refractivity contribution in [3.63, 3.8) is 0 Å². The maximum atomic E-state index is 5.65. The summed E-state index contributed by atoms with van der Waals surface area (Å²) in [6.45, 7) is 4.45. The molecule has 1 unspecified atom stereocenters. The third-order valence-electron chi connectivity index (χ3n) is 2.33. The molecule has 0 aromatic carbocycles. The van der Waals surface area contributed by atoms with Crippen molar-refractivity contribution >= 4 is 17.6 Å². The van der Waals surface area contributed by atoms with Crippen molar-refractivity contribution < 1.29 is 0 Å². The van der Waals surface area contributed by atoms with Crippen LogP contribution in [-0.2, 0) is 6.42 Å². The van der Waals surface area contributed by atoms with Gasteiger partial charge >= 0.3 is 0 Å². The lowest BCUT2D eigenvalue weighted by Crippen LogP contribution is -2.38. The predicted molar refractivity (Wildman–Crippen MR) is 75.6 cm³/mol. The zero-order valence-electron chi connectivity index (χ0n) is 10.5. The second-order valence-electron chi connectivity index (χ2n) is 4.59. The fourth-order valence-electron chi connectivity index (χ4n) is 1.52. The lowest BCUT2D eigenvalue weighted by atomic mass is 10.1. The van der Waals surface area contributed by atoms with Gasteiger partial charge in [0, 0.05) is 18.0 Å². The van der Waals surface area contributed by atoms with E-state index in [-0.39, 0.29) is 6.04 Å². The highest BCUT2D eigenvalue weighted by molar-refractivity contribution is 7.99. The van der Waals surface area contributed by atoms with Crippen molar-refractivity contribution in [2.75, 3.05) is 17.2 Å². The quantitative estimate of drug-likeness (QED) is 0.507. The van der Waals surface area contributed by atoms with Crippen LogP contribution in [0.2, 0.25) is 0 Å². The van der Waals surface area contributed by atoms with Gasteiger partial charge in [0.15, 0.2) is 0 Å². The van der Waals surface area contributed by atoms with Gasteiger partial charge in [0.25, 0.3) is 0 Å². The second-order valence-corrected chi connectivity index (χ2v) is 5.66. The lowest BCUT2D eigenvalue weighted by molar-refractivity contribution is 0.574. The fraction of sp³-hybridized carbons (Fsp3) is 0.583. The molecule has 0 saturated carbocycles. The standard InChI is InChI=1S/C12H22N4S/c1-9(2)7-17-8-11(16-14)5-10-3-4-15-12(13)6-10/h3-4,6,9,11,16H,5,7-8,14H2,1-2H3,(H2,13,15). The molecule has 17 heavy (non-hydrogen) atoms. The van der Waals surface area contributed by atoms with Crippen LogP contribution in [-0.4, -0.2) is 22.5 Å². The summed E-state index contributed by atoms with van der Waals surface area (Å²) in [4.78, 5) is 3.98. The molecule has 0 saturated heterocycles. The molecule has 1 rings (SSSR count). The largest absolute Gasteiger partial charge is 0.384 e. The number of pyridine rings is 1. The van der Waals surface area contributed by atoms with Gasteiger partial charge in [-0.2, -0.15) is 11.8 Å². The topological polar surface area (TPSA) is 77.0 Å². The zero-order valence-corrected chi connectivity index (χ0v) is 11.3. The molecular formula is C12H22N4S. The van der Waals surface area contributed by atoms with E-state index in [2.05, 4.69) is 24.3 Å². The molecule has 0 aliphatic rings. The summed E-state index contributed by atoms with van der Waals surface area (Å²) < 4.78 is 0. The average molecular weight is 254 g/mol. The van der Waals surface area contributed by atoms with Gasteiger partial charge in [-0.15, -0.1) is 0 Å². The number of nitrogen functional groups attached to an aromatic ring is 1. The minimum absolute atomic E-state index is 0.278. The van der Waals surface area contributed by atoms with Crippen molar-refractivity contribution in [1.82, 2.24) is 10.4 Å². The minimum atomic E-state index is 0.278. The van der Waals surface area contributed by atoms with Gasteiger partial charge in [-0.25, -0.2) is 4.98 Å². The third-order valence-corrected chi connectivity index (χ3v) is 3.87. The molecule has 96 valence electrons. The number of nitrogens with zero attached hydrogens (tertiary/aromatic N) is 1. The Balaban J connectivity index is 2.41. The molecule has 0 radical (unpaired) electrons. The highest BCUT2D eigenvalue weighted by Gasteiger charge is 2.08. The van der Waals surface area contributed by atoms with E-state index in [0.29, 0.717) is 5.82 Å². The number of thioether (sulfide) groups is 1. The molecule has 1 heterocycles. The van der Waals surface area contributed by atoms with Crippen LogP contribution in [0.3, 0.4) is 0 Å². The lowest BCUT2D eigenvalue weighted by Gasteiger charge is -2.16. The Labute approximate surface area is 108 Å². The number of aromatic nitrogens is 1. The Morgan fingerprint density at radius 2 is 2.18 bits per heavy atom. The molecule has 4 nitrogen and oxygen atoms in total. The highest BCUT2D eigenvalue weighted by Crippen LogP contribution is 2.12. The summed E-state index contributed by atoms with van der Waals surface area (Å²) in [6.07, 6.45) is 2.62. The van der Waals surface area contributed by atoms with Crippen LogP contribution in [0.25, 0.3) is 0 Å². The Hall–Kier alpha value is -0.780. The maximum Gasteiger partial charge on any atom is 0.123 e. The fourth-order valence-corrected chi connectivity index (χ4v) is 2.62. The molecule has 0 amide bonds. The van der Waals surface area contributed by atoms with Crippen LogP contribution in [0.15, 0.2) is 18.3 Å². The third kappa shape index (κ3) is 5.91. The summed E-state index contributed by atoms with van der Waals surface area (Å²) in [7, 11) is 0. The normalized spacial score (nSPS) is 12.9. The number of hydrogen-bond donors (Lipinski definition) is 3. The first-order valence-electron chi connectivity index (χ1n) is 5.86. The Morgan fingerprint density at radius 1 is 1.41 bits per heavy atom. The summed E-state index contributed by atoms with van der Waals surface area (Å²) in [6, 6.07) is 4.16. The van der Waals surface area contributed by atoms with E-state index in [1.54, 1.807) is 6.20 Å². The average Bonchev–Trinajstić information content (AvgIpc) is 2.27. The smallest absolute Gasteiger partial charge is 0.123 e. The molecule has 1 aromatic heterocycles. The molecule has 0 aliphatic heterocycles. The number of hydrazine groups is 1. The molecule has 5 N–H and O–H groups in total.